The number of anilines is 1. The zero-order valence-corrected chi connectivity index (χ0v) is 24.9. The first kappa shape index (κ1) is 28.1. The Morgan fingerprint density at radius 1 is 0.864 bits per heavy atom. The predicted molar refractivity (Wildman–Crippen MR) is 168 cm³/mol. The van der Waals surface area contributed by atoms with Crippen LogP contribution in [-0.2, 0) is 19.9 Å². The normalized spacial score (nSPS) is 26.3. The van der Waals surface area contributed by atoms with Crippen LogP contribution >= 0.6 is 0 Å². The van der Waals surface area contributed by atoms with Crippen LogP contribution in [0.3, 0.4) is 0 Å². The lowest BCUT2D eigenvalue weighted by Gasteiger charge is -2.39. The van der Waals surface area contributed by atoms with Gasteiger partial charge in [-0.15, -0.1) is 0 Å². The molecule has 3 aromatic carbocycles. The van der Waals surface area contributed by atoms with Crippen molar-refractivity contribution in [3.8, 4) is 11.5 Å². The summed E-state index contributed by atoms with van der Waals surface area (Å²) in [6.07, 6.45) is 6.19. The summed E-state index contributed by atoms with van der Waals surface area (Å²) in [5.74, 6) is 0.322. The van der Waals surface area contributed by atoms with Crippen molar-refractivity contribution in [3.05, 3.63) is 101 Å². The Morgan fingerprint density at radius 2 is 1.45 bits per heavy atom. The highest BCUT2D eigenvalue weighted by Crippen LogP contribution is 2.55. The standard InChI is InChI=1S/C36H35N3O5/c1-43-31-15-7-3-10-23(31)18-25-21-38(22-26(33(25)40)19-24-11-4-8-16-32(24)44-2)34(41)29-20-27-12-9-17-39(27)36(29)28-13-5-6-14-30(28)37-35(36)42/h3-8,10-11,13-16,18-19,27,29H,9,12,17,20-22H2,1-2H3,(H,37,42)/b25-18+,26-19+/t27-,29-,36+/m1/s1. The molecular formula is C36H35N3O5. The number of carbonyl (C=O) groups is 3. The predicted octanol–water partition coefficient (Wildman–Crippen LogP) is 4.91. The van der Waals surface area contributed by atoms with Gasteiger partial charge in [0.15, 0.2) is 5.78 Å². The monoisotopic (exact) mass is 589 g/mol. The molecule has 0 radical (unpaired) electrons. The van der Waals surface area contributed by atoms with Gasteiger partial charge < -0.3 is 19.7 Å². The van der Waals surface area contributed by atoms with E-state index in [0.717, 1.165) is 41.8 Å². The number of ether oxygens (including phenoxy) is 2. The van der Waals surface area contributed by atoms with Crippen molar-refractivity contribution >= 4 is 35.4 Å². The Bertz CT molecular complexity index is 1660. The number of ketones is 1. The third kappa shape index (κ3) is 4.35. The summed E-state index contributed by atoms with van der Waals surface area (Å²) in [6, 6.07) is 22.9. The van der Waals surface area contributed by atoms with Gasteiger partial charge in [0.25, 0.3) is 0 Å². The van der Waals surface area contributed by atoms with Crippen molar-refractivity contribution in [2.45, 2.75) is 30.8 Å². The Morgan fingerprint density at radius 3 is 2.09 bits per heavy atom. The van der Waals surface area contributed by atoms with Crippen LogP contribution in [-0.4, -0.2) is 67.3 Å². The molecule has 224 valence electrons. The highest BCUT2D eigenvalue weighted by molar-refractivity contribution is 6.16. The minimum Gasteiger partial charge on any atom is -0.496 e. The number of fused-ring (bicyclic) bond motifs is 4. The molecule has 3 saturated heterocycles. The minimum absolute atomic E-state index is 0.115. The molecular weight excluding hydrogens is 554 g/mol. The lowest BCUT2D eigenvalue weighted by molar-refractivity contribution is -0.144. The fourth-order valence-electron chi connectivity index (χ4n) is 7.73. The van der Waals surface area contributed by atoms with E-state index < -0.39 is 11.5 Å². The van der Waals surface area contributed by atoms with Crippen molar-refractivity contribution in [2.24, 2.45) is 5.92 Å². The van der Waals surface area contributed by atoms with Crippen LogP contribution in [0.25, 0.3) is 12.2 Å². The number of nitrogens with zero attached hydrogens (tertiary/aromatic N) is 2. The quantitative estimate of drug-likeness (QED) is 0.426. The molecule has 2 amide bonds. The third-order valence-electron chi connectivity index (χ3n) is 9.63. The zero-order valence-electron chi connectivity index (χ0n) is 24.9. The van der Waals surface area contributed by atoms with Gasteiger partial charge in [-0.3, -0.25) is 19.3 Å². The first-order valence-electron chi connectivity index (χ1n) is 15.1. The summed E-state index contributed by atoms with van der Waals surface area (Å²) in [4.78, 5) is 46.8. The summed E-state index contributed by atoms with van der Waals surface area (Å²) in [5.41, 5.74) is 3.06. The molecule has 1 spiro atoms. The average Bonchev–Trinajstić information content (AvgIpc) is 3.72. The Labute approximate surface area is 256 Å². The molecule has 0 saturated carbocycles. The van der Waals surface area contributed by atoms with Gasteiger partial charge in [0.1, 0.15) is 17.0 Å². The number of amides is 2. The highest BCUT2D eigenvalue weighted by Gasteiger charge is 2.66. The number of piperidine rings is 1. The average molecular weight is 590 g/mol. The van der Waals surface area contributed by atoms with E-state index in [9.17, 15) is 14.4 Å². The van der Waals surface area contributed by atoms with Gasteiger partial charge in [-0.05, 0) is 56.2 Å². The number of Topliss-reactive ketones (excluding diaryl/α,β-unsaturated/α-hetero) is 1. The first-order valence-corrected chi connectivity index (χ1v) is 15.1. The van der Waals surface area contributed by atoms with E-state index in [2.05, 4.69) is 10.2 Å². The van der Waals surface area contributed by atoms with Crippen molar-refractivity contribution in [1.29, 1.82) is 0 Å². The zero-order chi connectivity index (χ0) is 30.4. The van der Waals surface area contributed by atoms with E-state index in [1.807, 2.05) is 84.9 Å². The summed E-state index contributed by atoms with van der Waals surface area (Å²) in [6.45, 7) is 1.05. The van der Waals surface area contributed by atoms with Crippen LogP contribution in [0, 0.1) is 5.92 Å². The van der Waals surface area contributed by atoms with Gasteiger partial charge in [0.05, 0.1) is 20.1 Å². The van der Waals surface area contributed by atoms with Gasteiger partial charge in [-0.2, -0.15) is 0 Å². The molecule has 0 unspecified atom stereocenters. The summed E-state index contributed by atoms with van der Waals surface area (Å²) in [7, 11) is 3.19. The number of para-hydroxylation sites is 3. The SMILES string of the molecule is COc1ccccc1/C=C1\CN(C(=O)[C@H]2C[C@H]3CCCN3[C@]23C(=O)Nc2ccccc23)C/C(=C\c2ccccc2OC)C1=O. The van der Waals surface area contributed by atoms with Crippen LogP contribution in [0.15, 0.2) is 83.9 Å². The van der Waals surface area contributed by atoms with Crippen LogP contribution in [0.1, 0.15) is 36.0 Å². The molecule has 3 fully saturated rings. The lowest BCUT2D eigenvalue weighted by atomic mass is 9.77. The second-order valence-corrected chi connectivity index (χ2v) is 11.9. The van der Waals surface area contributed by atoms with Crippen LogP contribution < -0.4 is 14.8 Å². The van der Waals surface area contributed by atoms with E-state index in [0.29, 0.717) is 29.1 Å². The highest BCUT2D eigenvalue weighted by atomic mass is 16.5. The van der Waals surface area contributed by atoms with Gasteiger partial charge in [-0.25, -0.2) is 0 Å². The second-order valence-electron chi connectivity index (χ2n) is 11.9. The van der Waals surface area contributed by atoms with Crippen molar-refractivity contribution in [3.63, 3.8) is 0 Å². The maximum absolute atomic E-state index is 14.8. The molecule has 1 N–H and O–H groups in total. The molecule has 7 rings (SSSR count). The summed E-state index contributed by atoms with van der Waals surface area (Å²) < 4.78 is 11.1. The van der Waals surface area contributed by atoms with Crippen LogP contribution in [0.2, 0.25) is 0 Å². The topological polar surface area (TPSA) is 88.2 Å². The van der Waals surface area contributed by atoms with Gasteiger partial charge in [0.2, 0.25) is 11.8 Å². The maximum atomic E-state index is 14.8. The summed E-state index contributed by atoms with van der Waals surface area (Å²) in [5, 5.41) is 3.09. The fourth-order valence-corrected chi connectivity index (χ4v) is 7.73. The van der Waals surface area contributed by atoms with E-state index in [4.69, 9.17) is 9.47 Å². The van der Waals surface area contributed by atoms with Crippen LogP contribution in [0.5, 0.6) is 11.5 Å². The number of nitrogens with one attached hydrogen (secondary N) is 1. The molecule has 8 heteroatoms. The molecule has 4 aliphatic rings. The third-order valence-corrected chi connectivity index (χ3v) is 9.63. The maximum Gasteiger partial charge on any atom is 0.250 e. The molecule has 0 aliphatic carbocycles. The van der Waals surface area contributed by atoms with Gasteiger partial charge >= 0.3 is 0 Å². The molecule has 3 atom stereocenters. The Balaban J connectivity index is 1.32. The van der Waals surface area contributed by atoms with Gasteiger partial charge in [0, 0.05) is 52.7 Å². The molecule has 44 heavy (non-hydrogen) atoms. The number of rotatable bonds is 5. The van der Waals surface area contributed by atoms with E-state index >= 15 is 0 Å². The van der Waals surface area contributed by atoms with Crippen molar-refractivity contribution < 1.29 is 23.9 Å². The molecule has 0 aromatic heterocycles. The largest absolute Gasteiger partial charge is 0.496 e. The van der Waals surface area contributed by atoms with Gasteiger partial charge in [-0.1, -0.05) is 54.6 Å². The Hall–Kier alpha value is -4.69. The van der Waals surface area contributed by atoms with E-state index in [1.54, 1.807) is 19.1 Å². The molecule has 4 aliphatic heterocycles. The van der Waals surface area contributed by atoms with E-state index in [-0.39, 0.29) is 36.7 Å². The first-order chi connectivity index (χ1) is 21.4. The number of hydrogen-bond donors (Lipinski definition) is 1. The smallest absolute Gasteiger partial charge is 0.250 e. The molecule has 4 heterocycles. The van der Waals surface area contributed by atoms with Crippen molar-refractivity contribution in [1.82, 2.24) is 9.80 Å². The summed E-state index contributed by atoms with van der Waals surface area (Å²) >= 11 is 0. The van der Waals surface area contributed by atoms with E-state index in [1.165, 1.54) is 0 Å². The minimum atomic E-state index is -1.06. The molecule has 0 bridgehead atoms. The number of hydrogen-bond acceptors (Lipinski definition) is 6. The molecule has 8 nitrogen and oxygen atoms in total. The number of likely N-dealkylation sites (tertiary alicyclic amines) is 1. The van der Waals surface area contributed by atoms with Crippen LogP contribution in [0.4, 0.5) is 5.69 Å². The molecule has 3 aromatic rings. The fraction of sp³-hybridized carbons (Fsp3) is 0.306. The number of methoxy groups -OCH3 is 2. The lowest BCUT2D eigenvalue weighted by Crippen LogP contribution is -2.56. The number of carbonyl (C=O) groups excluding carboxylic acids is 3. The Kier molecular flexibility index (Phi) is 7.09. The number of benzene rings is 3. The second kappa shape index (κ2) is 11.1. The van der Waals surface area contributed by atoms with Crippen molar-refractivity contribution in [2.75, 3.05) is 39.2 Å².